The van der Waals surface area contributed by atoms with Crippen molar-refractivity contribution in [3.05, 3.63) is 76.6 Å². The Morgan fingerprint density at radius 3 is 2.60 bits per heavy atom. The lowest BCUT2D eigenvalue weighted by atomic mass is 9.92. The van der Waals surface area contributed by atoms with E-state index in [1.807, 2.05) is 24.3 Å². The first kappa shape index (κ1) is 19.7. The summed E-state index contributed by atoms with van der Waals surface area (Å²) in [4.78, 5) is 37.0. The van der Waals surface area contributed by atoms with Crippen LogP contribution in [0.5, 0.6) is 0 Å². The van der Waals surface area contributed by atoms with Crippen molar-refractivity contribution in [3.8, 4) is 0 Å². The molecule has 0 bridgehead atoms. The molecule has 3 aromatic rings. The van der Waals surface area contributed by atoms with Gasteiger partial charge in [-0.15, -0.1) is 0 Å². The van der Waals surface area contributed by atoms with Gasteiger partial charge in [-0.25, -0.2) is 9.59 Å². The van der Waals surface area contributed by atoms with E-state index in [1.165, 1.54) is 0 Å². The number of ether oxygens (including phenoxy) is 1. The van der Waals surface area contributed by atoms with Gasteiger partial charge in [-0.05, 0) is 43.5 Å². The van der Waals surface area contributed by atoms with Crippen molar-refractivity contribution in [3.63, 3.8) is 0 Å². The van der Waals surface area contributed by atoms with Gasteiger partial charge in [0, 0.05) is 23.5 Å². The topological polar surface area (TPSA) is 97.6 Å². The summed E-state index contributed by atoms with van der Waals surface area (Å²) in [6, 6.07) is 17.5. The molecule has 0 radical (unpaired) electrons. The van der Waals surface area contributed by atoms with Crippen LogP contribution in [-0.2, 0) is 4.74 Å². The molecule has 0 unspecified atom stereocenters. The van der Waals surface area contributed by atoms with Crippen LogP contribution in [0.1, 0.15) is 36.0 Å². The van der Waals surface area contributed by atoms with Crippen LogP contribution in [0.2, 0.25) is 0 Å². The first-order valence-corrected chi connectivity index (χ1v) is 9.95. The standard InChI is InChI=1S/C23H22N2O5/c26-21(19-13-15-7-4-5-12-20(15)30-22(19)27)24-17-10-6-11-18(14-17)29-23(28)25-16-8-2-1-3-9-16/h1-5,7-9,12-13,17-18H,6,10-11,14H2,(H,24,26)(H,25,28)/t17-,18+/m0/s1. The second-order valence-electron chi connectivity index (χ2n) is 7.34. The van der Waals surface area contributed by atoms with Gasteiger partial charge < -0.3 is 14.5 Å². The Kier molecular flexibility index (Phi) is 5.79. The molecule has 1 heterocycles. The van der Waals surface area contributed by atoms with Crippen molar-refractivity contribution >= 4 is 28.7 Å². The van der Waals surface area contributed by atoms with Crippen molar-refractivity contribution in [2.75, 3.05) is 5.32 Å². The van der Waals surface area contributed by atoms with E-state index in [4.69, 9.17) is 9.15 Å². The third-order valence-electron chi connectivity index (χ3n) is 5.14. The first-order valence-electron chi connectivity index (χ1n) is 9.95. The molecule has 2 amide bonds. The molecule has 0 aliphatic heterocycles. The number of hydrogen-bond acceptors (Lipinski definition) is 5. The number of nitrogens with one attached hydrogen (secondary N) is 2. The fourth-order valence-corrected chi connectivity index (χ4v) is 3.69. The van der Waals surface area contributed by atoms with Gasteiger partial charge in [0.1, 0.15) is 17.3 Å². The van der Waals surface area contributed by atoms with Gasteiger partial charge in [-0.2, -0.15) is 0 Å². The number of anilines is 1. The summed E-state index contributed by atoms with van der Waals surface area (Å²) in [5.74, 6) is -0.478. The molecule has 1 aliphatic rings. The lowest BCUT2D eigenvalue weighted by Gasteiger charge is -2.29. The largest absolute Gasteiger partial charge is 0.446 e. The lowest BCUT2D eigenvalue weighted by Crippen LogP contribution is -2.42. The van der Waals surface area contributed by atoms with Gasteiger partial charge in [0.15, 0.2) is 0 Å². The number of hydrogen-bond donors (Lipinski definition) is 2. The summed E-state index contributed by atoms with van der Waals surface area (Å²) >= 11 is 0. The number of amides is 2. The first-order chi connectivity index (χ1) is 14.6. The quantitative estimate of drug-likeness (QED) is 0.636. The van der Waals surface area contributed by atoms with Crippen LogP contribution in [-0.4, -0.2) is 24.1 Å². The van der Waals surface area contributed by atoms with Crippen LogP contribution in [0.4, 0.5) is 10.5 Å². The molecule has 2 N–H and O–H groups in total. The average molecular weight is 406 g/mol. The predicted octanol–water partition coefficient (Wildman–Crippen LogP) is 4.08. The molecule has 2 atom stereocenters. The van der Waals surface area contributed by atoms with E-state index >= 15 is 0 Å². The molecule has 30 heavy (non-hydrogen) atoms. The van der Waals surface area contributed by atoms with Gasteiger partial charge in [0.25, 0.3) is 5.91 Å². The molecule has 0 spiro atoms. The number of carbonyl (C=O) groups is 2. The summed E-state index contributed by atoms with van der Waals surface area (Å²) in [6.45, 7) is 0. The summed E-state index contributed by atoms with van der Waals surface area (Å²) in [5, 5.41) is 6.26. The summed E-state index contributed by atoms with van der Waals surface area (Å²) < 4.78 is 10.8. The van der Waals surface area contributed by atoms with E-state index < -0.39 is 17.6 Å². The van der Waals surface area contributed by atoms with Crippen molar-refractivity contribution in [1.29, 1.82) is 0 Å². The molecule has 4 rings (SSSR count). The number of benzene rings is 2. The van der Waals surface area contributed by atoms with Crippen molar-refractivity contribution in [2.45, 2.75) is 37.8 Å². The van der Waals surface area contributed by atoms with Crippen LogP contribution in [0, 0.1) is 0 Å². The van der Waals surface area contributed by atoms with Gasteiger partial charge in [0.2, 0.25) is 0 Å². The number of para-hydroxylation sites is 2. The van der Waals surface area contributed by atoms with Crippen molar-refractivity contribution < 1.29 is 18.7 Å². The fourth-order valence-electron chi connectivity index (χ4n) is 3.69. The Balaban J connectivity index is 1.37. The number of carbonyl (C=O) groups excluding carboxylic acids is 2. The van der Waals surface area contributed by atoms with Crippen LogP contribution >= 0.6 is 0 Å². The second-order valence-corrected chi connectivity index (χ2v) is 7.34. The van der Waals surface area contributed by atoms with E-state index in [0.717, 1.165) is 19.3 Å². The molecule has 0 saturated heterocycles. The van der Waals surface area contributed by atoms with Crippen LogP contribution in [0.3, 0.4) is 0 Å². The van der Waals surface area contributed by atoms with Crippen molar-refractivity contribution in [1.82, 2.24) is 5.32 Å². The van der Waals surface area contributed by atoms with E-state index in [-0.39, 0.29) is 17.7 Å². The molecule has 154 valence electrons. The molecule has 7 heteroatoms. The molecule has 1 fully saturated rings. The highest BCUT2D eigenvalue weighted by atomic mass is 16.6. The molecule has 1 saturated carbocycles. The van der Waals surface area contributed by atoms with Gasteiger partial charge >= 0.3 is 11.7 Å². The zero-order chi connectivity index (χ0) is 20.9. The molecular weight excluding hydrogens is 384 g/mol. The highest BCUT2D eigenvalue weighted by Crippen LogP contribution is 2.22. The van der Waals surface area contributed by atoms with Crippen LogP contribution in [0.25, 0.3) is 11.0 Å². The van der Waals surface area contributed by atoms with Gasteiger partial charge in [-0.1, -0.05) is 36.4 Å². The third kappa shape index (κ3) is 4.68. The number of fused-ring (bicyclic) bond motifs is 1. The minimum absolute atomic E-state index is 0.0291. The zero-order valence-corrected chi connectivity index (χ0v) is 16.3. The smallest absolute Gasteiger partial charge is 0.411 e. The maximum absolute atomic E-state index is 12.7. The minimum Gasteiger partial charge on any atom is -0.446 e. The van der Waals surface area contributed by atoms with Crippen LogP contribution in [0.15, 0.2) is 69.9 Å². The highest BCUT2D eigenvalue weighted by molar-refractivity contribution is 5.96. The second kappa shape index (κ2) is 8.82. The average Bonchev–Trinajstić information content (AvgIpc) is 2.74. The Morgan fingerprint density at radius 1 is 1.00 bits per heavy atom. The predicted molar refractivity (Wildman–Crippen MR) is 113 cm³/mol. The maximum atomic E-state index is 12.7. The Bertz CT molecular complexity index is 1110. The Morgan fingerprint density at radius 2 is 1.77 bits per heavy atom. The SMILES string of the molecule is O=C(Nc1ccccc1)O[C@@H]1CCC[C@H](NC(=O)c2cc3ccccc3oc2=O)C1. The number of rotatable bonds is 4. The summed E-state index contributed by atoms with van der Waals surface area (Å²) in [7, 11) is 0. The van der Waals surface area contributed by atoms with Gasteiger partial charge in [-0.3, -0.25) is 10.1 Å². The summed E-state index contributed by atoms with van der Waals surface area (Å²) in [6.07, 6.45) is 1.96. The monoisotopic (exact) mass is 406 g/mol. The fraction of sp³-hybridized carbons (Fsp3) is 0.261. The van der Waals surface area contributed by atoms with E-state index in [9.17, 15) is 14.4 Å². The van der Waals surface area contributed by atoms with Crippen molar-refractivity contribution in [2.24, 2.45) is 0 Å². The van der Waals surface area contributed by atoms with Crippen LogP contribution < -0.4 is 16.3 Å². The maximum Gasteiger partial charge on any atom is 0.411 e. The normalized spacial score (nSPS) is 18.5. The Labute approximate surface area is 173 Å². The Hall–Kier alpha value is -3.61. The lowest BCUT2D eigenvalue weighted by molar-refractivity contribution is 0.0711. The highest BCUT2D eigenvalue weighted by Gasteiger charge is 2.27. The summed E-state index contributed by atoms with van der Waals surface area (Å²) in [5.41, 5.74) is 0.399. The molecule has 1 aromatic heterocycles. The van der Waals surface area contributed by atoms with E-state index in [0.29, 0.717) is 23.1 Å². The zero-order valence-electron chi connectivity index (χ0n) is 16.3. The molecule has 2 aromatic carbocycles. The van der Waals surface area contributed by atoms with E-state index in [1.54, 1.807) is 36.4 Å². The van der Waals surface area contributed by atoms with Gasteiger partial charge in [0.05, 0.1) is 0 Å². The molecule has 7 nitrogen and oxygen atoms in total. The minimum atomic E-state index is -0.669. The molecule has 1 aliphatic carbocycles. The van der Waals surface area contributed by atoms with E-state index in [2.05, 4.69) is 10.6 Å². The third-order valence-corrected chi connectivity index (χ3v) is 5.14. The molecular formula is C23H22N2O5.